The van der Waals surface area contributed by atoms with Gasteiger partial charge in [-0.05, 0) is 34.6 Å². The third kappa shape index (κ3) is 9.38. The van der Waals surface area contributed by atoms with Crippen molar-refractivity contribution in [1.82, 2.24) is 19.9 Å². The number of hydrogen-bond acceptors (Lipinski definition) is 5. The molecule has 0 saturated heterocycles. The molecule has 33 heavy (non-hydrogen) atoms. The molecule has 0 saturated carbocycles. The van der Waals surface area contributed by atoms with E-state index in [0.717, 1.165) is 45.3 Å². The zero-order chi connectivity index (χ0) is 23.5. The second-order valence-corrected chi connectivity index (χ2v) is 7.31. The predicted molar refractivity (Wildman–Crippen MR) is 131 cm³/mol. The Balaban J connectivity index is 0.000000278. The molecule has 2 aromatic heterocycles. The van der Waals surface area contributed by atoms with Crippen molar-refractivity contribution in [2.45, 2.75) is 34.6 Å². The van der Waals surface area contributed by atoms with Crippen molar-refractivity contribution in [3.63, 3.8) is 0 Å². The maximum Gasteiger partial charge on any atom is 3.00 e. The average Bonchev–Trinajstić information content (AvgIpc) is 2.75. The van der Waals surface area contributed by atoms with E-state index in [4.69, 9.17) is 11.1 Å². The molecule has 0 aliphatic rings. The minimum absolute atomic E-state index is 0. The minimum Gasteiger partial charge on any atom is -0.388 e. The number of hydrogen-bond donors (Lipinski definition) is 2. The number of benzene rings is 2. The van der Waals surface area contributed by atoms with Gasteiger partial charge in [-0.25, -0.2) is 0 Å². The quantitative estimate of drug-likeness (QED) is 0.205. The maximum atomic E-state index is 6.28. The van der Waals surface area contributed by atoms with Crippen LogP contribution < -0.4 is 5.73 Å². The Morgan fingerprint density at radius 2 is 0.970 bits per heavy atom. The van der Waals surface area contributed by atoms with E-state index in [0.29, 0.717) is 0 Å². The fourth-order valence-electron chi connectivity index (χ4n) is 2.95. The fraction of sp³-hybridized carbons (Fsp3) is 0.192. The smallest absolute Gasteiger partial charge is 0.388 e. The normalized spacial score (nSPS) is 9.36. The molecule has 169 valence electrons. The molecule has 6 nitrogen and oxygen atoms in total. The molecule has 0 unspecified atom stereocenters. The number of rotatable bonds is 2. The van der Waals surface area contributed by atoms with Crippen LogP contribution in [0.1, 0.15) is 29.7 Å². The second kappa shape index (κ2) is 14.0. The molecule has 1 radical (unpaired) electrons. The van der Waals surface area contributed by atoms with Gasteiger partial charge in [0.15, 0.2) is 0 Å². The molecule has 4 aromatic rings. The molecule has 0 atom stereocenters. The van der Waals surface area contributed by atoms with E-state index < -0.39 is 0 Å². The van der Waals surface area contributed by atoms with E-state index in [1.54, 1.807) is 12.4 Å². The molecule has 0 amide bonds. The number of aryl methyl sites for hydroxylation is 4. The molecule has 0 aliphatic carbocycles. The molecule has 2 heterocycles. The van der Waals surface area contributed by atoms with Crippen molar-refractivity contribution >= 4 is 5.84 Å². The summed E-state index contributed by atoms with van der Waals surface area (Å²) in [6, 6.07) is 20.2. The zero-order valence-electron chi connectivity index (χ0n) is 19.6. The van der Waals surface area contributed by atoms with E-state index in [9.17, 15) is 0 Å². The van der Waals surface area contributed by atoms with Gasteiger partial charge >= 0.3 is 19.5 Å². The first kappa shape index (κ1) is 27.7. The Morgan fingerprint density at radius 3 is 1.24 bits per heavy atom. The van der Waals surface area contributed by atoms with E-state index in [-0.39, 0.29) is 25.3 Å². The van der Waals surface area contributed by atoms with Crippen LogP contribution in [0.15, 0.2) is 73.1 Å². The van der Waals surface area contributed by atoms with Gasteiger partial charge in [-0.15, -0.1) is 0 Å². The molecule has 4 rings (SSSR count). The molecular weight excluding hydrogens is 497 g/mol. The third-order valence-corrected chi connectivity index (χ3v) is 4.23. The Hall–Kier alpha value is -3.31. The van der Waals surface area contributed by atoms with Gasteiger partial charge in [0, 0.05) is 23.5 Å². The molecule has 2 aromatic carbocycles. The van der Waals surface area contributed by atoms with Crippen LogP contribution in [0.3, 0.4) is 0 Å². The van der Waals surface area contributed by atoms with Gasteiger partial charge in [-0.1, -0.05) is 60.7 Å². The van der Waals surface area contributed by atoms with Crippen LogP contribution in [0, 0.1) is 33.1 Å². The van der Waals surface area contributed by atoms with Gasteiger partial charge in [0.1, 0.15) is 0 Å². The van der Waals surface area contributed by atoms with Crippen molar-refractivity contribution in [3.05, 3.63) is 95.8 Å². The van der Waals surface area contributed by atoms with Gasteiger partial charge in [0.2, 0.25) is 0 Å². The van der Waals surface area contributed by atoms with E-state index in [1.807, 2.05) is 88.4 Å². The molecular formula is C26H30N6Ru+3. The van der Waals surface area contributed by atoms with Crippen molar-refractivity contribution in [2.75, 3.05) is 0 Å². The summed E-state index contributed by atoms with van der Waals surface area (Å²) in [5, 5.41) is 6.28. The number of nitrogens with one attached hydrogen (secondary N) is 1. The van der Waals surface area contributed by atoms with E-state index >= 15 is 0 Å². The maximum absolute atomic E-state index is 6.28. The molecule has 0 fully saturated rings. The van der Waals surface area contributed by atoms with Crippen LogP contribution in [0.25, 0.3) is 22.5 Å². The molecule has 0 bridgehead atoms. The summed E-state index contributed by atoms with van der Waals surface area (Å²) in [5.41, 5.74) is 12.8. The summed E-state index contributed by atoms with van der Waals surface area (Å²) in [6.45, 7) is 9.41. The van der Waals surface area contributed by atoms with Crippen LogP contribution in [0.5, 0.6) is 0 Å². The standard InChI is InChI=1S/2C12H12N2.C2H6N2.Ru/c2*1-9-8-13-12(10(2)14-9)11-6-4-3-5-7-11;1-2(3)4;/h2*3-8H,1-2H3;1H3,(H3,3,4);/q;;;+3. The minimum atomic E-state index is 0. The molecule has 0 spiro atoms. The third-order valence-electron chi connectivity index (χ3n) is 4.23. The van der Waals surface area contributed by atoms with E-state index in [2.05, 4.69) is 19.9 Å². The van der Waals surface area contributed by atoms with Crippen LogP contribution in [0.2, 0.25) is 0 Å². The Kier molecular flexibility index (Phi) is 11.7. The van der Waals surface area contributed by atoms with Gasteiger partial charge in [-0.3, -0.25) is 25.3 Å². The zero-order valence-corrected chi connectivity index (χ0v) is 21.4. The van der Waals surface area contributed by atoms with E-state index in [1.165, 1.54) is 6.92 Å². The summed E-state index contributed by atoms with van der Waals surface area (Å²) >= 11 is 0. The first-order valence-corrected chi connectivity index (χ1v) is 10.3. The van der Waals surface area contributed by atoms with Crippen LogP contribution in [-0.4, -0.2) is 25.8 Å². The Bertz CT molecular complexity index is 1060. The summed E-state index contributed by atoms with van der Waals surface area (Å²) in [6.07, 6.45) is 3.60. The fourth-order valence-corrected chi connectivity index (χ4v) is 2.95. The number of aromatic nitrogens is 4. The first-order valence-electron chi connectivity index (χ1n) is 10.3. The SMILES string of the molecule is CC(=N)N.Cc1cnc(-c2ccccc2)c(C)n1.Cc1cnc(-c2ccccc2)c(C)n1.[Ru+3]. The van der Waals surface area contributed by atoms with Gasteiger partial charge < -0.3 is 5.73 Å². The number of nitrogens with two attached hydrogens (primary N) is 1. The van der Waals surface area contributed by atoms with Crippen LogP contribution in [0.4, 0.5) is 0 Å². The number of amidine groups is 1. The summed E-state index contributed by atoms with van der Waals surface area (Å²) in [4.78, 5) is 17.5. The van der Waals surface area contributed by atoms with Crippen molar-refractivity contribution < 1.29 is 19.5 Å². The van der Waals surface area contributed by atoms with Crippen LogP contribution in [-0.2, 0) is 19.5 Å². The van der Waals surface area contributed by atoms with Gasteiger partial charge in [-0.2, -0.15) is 0 Å². The van der Waals surface area contributed by atoms with Gasteiger partial charge in [0.25, 0.3) is 0 Å². The molecule has 3 N–H and O–H groups in total. The first-order chi connectivity index (χ1) is 15.3. The molecule has 0 aliphatic heterocycles. The average molecular weight is 528 g/mol. The second-order valence-electron chi connectivity index (χ2n) is 7.31. The topological polar surface area (TPSA) is 101 Å². The predicted octanol–water partition coefficient (Wildman–Crippen LogP) is 5.46. The summed E-state index contributed by atoms with van der Waals surface area (Å²) < 4.78 is 0. The summed E-state index contributed by atoms with van der Waals surface area (Å²) in [5.74, 6) is 0.167. The van der Waals surface area contributed by atoms with Crippen molar-refractivity contribution in [2.24, 2.45) is 5.73 Å². The monoisotopic (exact) mass is 528 g/mol. The number of nitrogens with zero attached hydrogens (tertiary/aromatic N) is 4. The molecule has 7 heteroatoms. The van der Waals surface area contributed by atoms with Crippen molar-refractivity contribution in [3.8, 4) is 22.5 Å². The Labute approximate surface area is 209 Å². The largest absolute Gasteiger partial charge is 3.00 e. The summed E-state index contributed by atoms with van der Waals surface area (Å²) in [7, 11) is 0. The van der Waals surface area contributed by atoms with Crippen LogP contribution >= 0.6 is 0 Å². The van der Waals surface area contributed by atoms with Crippen molar-refractivity contribution in [1.29, 1.82) is 5.41 Å². The Morgan fingerprint density at radius 1 is 0.667 bits per heavy atom. The van der Waals surface area contributed by atoms with Gasteiger partial charge in [0.05, 0.1) is 40.0 Å².